The summed E-state index contributed by atoms with van der Waals surface area (Å²) < 4.78 is 15.5. The normalized spacial score (nSPS) is 14.1. The third-order valence-corrected chi connectivity index (χ3v) is 0.700. The van der Waals surface area contributed by atoms with Crippen LogP contribution in [0.4, 0.5) is 4.53 Å². The van der Waals surface area contributed by atoms with E-state index in [1.807, 2.05) is 0 Å². The quantitative estimate of drug-likeness (QED) is 0.535. The molecule has 44 valence electrons. The Hall–Kier alpha value is -0.150. The van der Waals surface area contributed by atoms with E-state index in [1.165, 1.54) is 7.11 Å². The largest absolute Gasteiger partial charge is 0.379 e. The average molecular weight is 108 g/mol. The maximum absolute atomic E-state index is 10.9. The Bertz CT molecular complexity index is 40.7. The number of halogens is 1. The standard InChI is InChI=1S/C4H9FO2/c1-4(6-2)3-7-5/h4H,3H2,1-2H3. The minimum atomic E-state index is -0.148. The summed E-state index contributed by atoms with van der Waals surface area (Å²) in [6, 6.07) is 0. The lowest BCUT2D eigenvalue weighted by Gasteiger charge is -2.02. The number of rotatable bonds is 3. The van der Waals surface area contributed by atoms with Crippen LogP contribution in [0.25, 0.3) is 0 Å². The van der Waals surface area contributed by atoms with Gasteiger partial charge in [0.15, 0.2) is 0 Å². The molecule has 0 bridgehead atoms. The molecule has 0 rings (SSSR count). The fourth-order valence-corrected chi connectivity index (χ4v) is 0.157. The van der Waals surface area contributed by atoms with Crippen LogP contribution in [-0.4, -0.2) is 19.8 Å². The van der Waals surface area contributed by atoms with Crippen LogP contribution >= 0.6 is 0 Å². The SMILES string of the molecule is COC(C)COF. The van der Waals surface area contributed by atoms with Gasteiger partial charge in [-0.3, -0.25) is 0 Å². The Morgan fingerprint density at radius 1 is 1.71 bits per heavy atom. The third-order valence-electron chi connectivity index (χ3n) is 0.700. The maximum Gasteiger partial charge on any atom is 0.113 e. The fourth-order valence-electron chi connectivity index (χ4n) is 0.157. The number of ether oxygens (including phenoxy) is 1. The molecule has 0 saturated carbocycles. The molecule has 0 aromatic carbocycles. The van der Waals surface area contributed by atoms with Crippen molar-refractivity contribution in [1.29, 1.82) is 0 Å². The molecule has 0 saturated heterocycles. The first kappa shape index (κ1) is 6.85. The fraction of sp³-hybridized carbons (Fsp3) is 1.00. The lowest BCUT2D eigenvalue weighted by molar-refractivity contribution is -0.158. The lowest BCUT2D eigenvalue weighted by Crippen LogP contribution is -2.10. The maximum atomic E-state index is 10.9. The molecule has 0 aliphatic rings. The zero-order valence-electron chi connectivity index (χ0n) is 4.48. The van der Waals surface area contributed by atoms with Crippen molar-refractivity contribution in [2.75, 3.05) is 13.7 Å². The second-order valence-electron chi connectivity index (χ2n) is 1.32. The van der Waals surface area contributed by atoms with Crippen LogP contribution in [0.2, 0.25) is 0 Å². The molecule has 0 fully saturated rings. The van der Waals surface area contributed by atoms with Gasteiger partial charge in [-0.1, -0.05) is 0 Å². The molecule has 2 nitrogen and oxygen atoms in total. The third kappa shape index (κ3) is 3.69. The summed E-state index contributed by atoms with van der Waals surface area (Å²) in [5.41, 5.74) is 0. The van der Waals surface area contributed by atoms with Crippen LogP contribution in [0.3, 0.4) is 0 Å². The van der Waals surface area contributed by atoms with Crippen LogP contribution in [0.15, 0.2) is 0 Å². The summed E-state index contributed by atoms with van der Waals surface area (Å²) >= 11 is 0. The molecule has 0 radical (unpaired) electrons. The molecular formula is C4H9FO2. The number of hydrogen-bond donors (Lipinski definition) is 0. The smallest absolute Gasteiger partial charge is 0.113 e. The van der Waals surface area contributed by atoms with Gasteiger partial charge in [-0.15, -0.1) is 0 Å². The first-order valence-corrected chi connectivity index (χ1v) is 2.07. The van der Waals surface area contributed by atoms with Crippen LogP contribution in [0, 0.1) is 0 Å². The molecule has 0 heterocycles. The molecular weight excluding hydrogens is 99.0 g/mol. The second-order valence-corrected chi connectivity index (χ2v) is 1.32. The van der Waals surface area contributed by atoms with Gasteiger partial charge < -0.3 is 4.74 Å². The summed E-state index contributed by atoms with van der Waals surface area (Å²) in [4.78, 5) is 3.27. The highest BCUT2D eigenvalue weighted by Crippen LogP contribution is 1.87. The van der Waals surface area contributed by atoms with E-state index < -0.39 is 0 Å². The minimum absolute atomic E-state index is 0.0104. The van der Waals surface area contributed by atoms with Crippen molar-refractivity contribution in [1.82, 2.24) is 0 Å². The van der Waals surface area contributed by atoms with E-state index in [4.69, 9.17) is 0 Å². The minimum Gasteiger partial charge on any atom is -0.379 e. The predicted molar refractivity (Wildman–Crippen MR) is 23.5 cm³/mol. The van der Waals surface area contributed by atoms with E-state index in [-0.39, 0.29) is 12.7 Å². The second kappa shape index (κ2) is 4.02. The molecule has 0 aromatic rings. The summed E-state index contributed by atoms with van der Waals surface area (Å²) in [5, 5.41) is 0. The van der Waals surface area contributed by atoms with Crippen molar-refractivity contribution >= 4 is 0 Å². The van der Waals surface area contributed by atoms with Gasteiger partial charge in [0.2, 0.25) is 0 Å². The topological polar surface area (TPSA) is 18.5 Å². The monoisotopic (exact) mass is 108 g/mol. The zero-order chi connectivity index (χ0) is 5.70. The molecule has 0 aromatic heterocycles. The van der Waals surface area contributed by atoms with Gasteiger partial charge in [-0.05, 0) is 11.4 Å². The lowest BCUT2D eigenvalue weighted by atomic mass is 10.4. The van der Waals surface area contributed by atoms with Gasteiger partial charge in [0.05, 0.1) is 6.10 Å². The summed E-state index contributed by atoms with van der Waals surface area (Å²) in [6.45, 7) is 1.73. The van der Waals surface area contributed by atoms with Crippen molar-refractivity contribution in [2.24, 2.45) is 0 Å². The summed E-state index contributed by atoms with van der Waals surface area (Å²) in [6.07, 6.45) is -0.148. The van der Waals surface area contributed by atoms with Gasteiger partial charge in [0.25, 0.3) is 0 Å². The van der Waals surface area contributed by atoms with Gasteiger partial charge in [0.1, 0.15) is 6.61 Å². The Morgan fingerprint density at radius 3 is 2.43 bits per heavy atom. The van der Waals surface area contributed by atoms with E-state index in [0.29, 0.717) is 0 Å². The highest BCUT2D eigenvalue weighted by Gasteiger charge is 1.95. The summed E-state index contributed by atoms with van der Waals surface area (Å²) in [5.74, 6) is 0. The molecule has 3 heteroatoms. The van der Waals surface area contributed by atoms with E-state index >= 15 is 0 Å². The Morgan fingerprint density at radius 2 is 2.29 bits per heavy atom. The van der Waals surface area contributed by atoms with Crippen LogP contribution in [0.1, 0.15) is 6.92 Å². The first-order valence-electron chi connectivity index (χ1n) is 2.07. The predicted octanol–water partition coefficient (Wildman–Crippen LogP) is 0.922. The molecule has 1 atom stereocenters. The van der Waals surface area contributed by atoms with E-state index in [9.17, 15) is 4.53 Å². The molecule has 7 heavy (non-hydrogen) atoms. The molecule has 0 aliphatic heterocycles. The molecule has 0 amide bonds. The number of methoxy groups -OCH3 is 1. The van der Waals surface area contributed by atoms with Crippen molar-refractivity contribution in [3.8, 4) is 0 Å². The zero-order valence-corrected chi connectivity index (χ0v) is 4.48. The van der Waals surface area contributed by atoms with Crippen LogP contribution in [0.5, 0.6) is 0 Å². The Labute approximate surface area is 42.1 Å². The first-order chi connectivity index (χ1) is 3.31. The van der Waals surface area contributed by atoms with Crippen molar-refractivity contribution in [3.05, 3.63) is 0 Å². The van der Waals surface area contributed by atoms with Gasteiger partial charge in [-0.25, -0.2) is 0 Å². The van der Waals surface area contributed by atoms with E-state index in [0.717, 1.165) is 0 Å². The van der Waals surface area contributed by atoms with Gasteiger partial charge >= 0.3 is 0 Å². The molecule has 1 unspecified atom stereocenters. The average Bonchev–Trinajstić information content (AvgIpc) is 1.68. The van der Waals surface area contributed by atoms with E-state index in [1.54, 1.807) is 6.92 Å². The highest BCUT2D eigenvalue weighted by atomic mass is 19.3. The highest BCUT2D eigenvalue weighted by molar-refractivity contribution is 4.40. The summed E-state index contributed by atoms with van der Waals surface area (Å²) in [7, 11) is 1.50. The molecule has 0 spiro atoms. The Balaban J connectivity index is 2.83. The van der Waals surface area contributed by atoms with Crippen molar-refractivity contribution < 1.29 is 14.2 Å². The number of hydrogen-bond acceptors (Lipinski definition) is 2. The van der Waals surface area contributed by atoms with Crippen LogP contribution in [-0.2, 0) is 9.68 Å². The molecule has 0 aliphatic carbocycles. The van der Waals surface area contributed by atoms with Crippen molar-refractivity contribution in [2.45, 2.75) is 13.0 Å². The van der Waals surface area contributed by atoms with Crippen molar-refractivity contribution in [3.63, 3.8) is 0 Å². The van der Waals surface area contributed by atoms with E-state index in [2.05, 4.69) is 9.68 Å². The van der Waals surface area contributed by atoms with Gasteiger partial charge in [0, 0.05) is 7.11 Å². The molecule has 0 N–H and O–H groups in total. The van der Waals surface area contributed by atoms with Gasteiger partial charge in [-0.2, -0.15) is 4.94 Å². The Kier molecular flexibility index (Phi) is 3.93. The van der Waals surface area contributed by atoms with Crippen LogP contribution < -0.4 is 0 Å².